The van der Waals surface area contributed by atoms with E-state index in [4.69, 9.17) is 0 Å². The maximum Gasteiger partial charge on any atom is -0.0184 e. The van der Waals surface area contributed by atoms with E-state index in [0.717, 1.165) is 12.8 Å². The lowest BCUT2D eigenvalue weighted by atomic mass is 10.0. The van der Waals surface area contributed by atoms with E-state index in [1.54, 1.807) is 0 Å². The molecule has 2 rings (SSSR count). The summed E-state index contributed by atoms with van der Waals surface area (Å²) >= 11 is 0. The van der Waals surface area contributed by atoms with Crippen LogP contribution in [0.1, 0.15) is 16.7 Å². The third kappa shape index (κ3) is 2.95. The van der Waals surface area contributed by atoms with E-state index < -0.39 is 0 Å². The number of rotatable bonds is 3. The lowest BCUT2D eigenvalue weighted by Crippen LogP contribution is -1.91. The van der Waals surface area contributed by atoms with Crippen LogP contribution >= 0.6 is 0 Å². The van der Waals surface area contributed by atoms with Gasteiger partial charge >= 0.3 is 0 Å². The van der Waals surface area contributed by atoms with Crippen LogP contribution in [0.5, 0.6) is 0 Å². The molecule has 75 valence electrons. The molecule has 15 heavy (non-hydrogen) atoms. The number of hydrogen-bond donors (Lipinski definition) is 0. The van der Waals surface area contributed by atoms with Crippen LogP contribution in [0.4, 0.5) is 0 Å². The lowest BCUT2D eigenvalue weighted by molar-refractivity contribution is 0.958. The van der Waals surface area contributed by atoms with E-state index in [2.05, 4.69) is 49.4 Å². The van der Waals surface area contributed by atoms with Crippen molar-refractivity contribution < 1.29 is 0 Å². The maximum atomic E-state index is 3.04. The van der Waals surface area contributed by atoms with Crippen LogP contribution in [-0.2, 0) is 12.8 Å². The van der Waals surface area contributed by atoms with Crippen molar-refractivity contribution >= 4 is 0 Å². The molecule has 0 nitrogen and oxygen atoms in total. The molecule has 0 saturated heterocycles. The number of benzene rings is 2. The minimum absolute atomic E-state index is 1.11. The quantitative estimate of drug-likeness (QED) is 0.702. The Morgan fingerprint density at radius 2 is 1.67 bits per heavy atom. The van der Waals surface area contributed by atoms with E-state index in [1.807, 2.05) is 12.1 Å². The molecule has 0 atom stereocenters. The molecule has 0 aliphatic heterocycles. The first kappa shape index (κ1) is 9.97. The summed E-state index contributed by atoms with van der Waals surface area (Å²) in [5.41, 5.74) is 4.15. The molecular weight excluding hydrogens is 180 g/mol. The highest BCUT2D eigenvalue weighted by molar-refractivity contribution is 5.24. The fraction of sp³-hybridized carbons (Fsp3) is 0.200. The summed E-state index contributed by atoms with van der Waals surface area (Å²) in [5.74, 6) is 0. The zero-order valence-corrected chi connectivity index (χ0v) is 9.03. The highest BCUT2D eigenvalue weighted by Crippen LogP contribution is 2.08. The third-order valence-electron chi connectivity index (χ3n) is 2.57. The third-order valence-corrected chi connectivity index (χ3v) is 2.57. The fourth-order valence-corrected chi connectivity index (χ4v) is 1.74. The van der Waals surface area contributed by atoms with Crippen molar-refractivity contribution in [3.05, 3.63) is 71.3 Å². The molecule has 0 heteroatoms. The average Bonchev–Trinajstić information content (AvgIpc) is 2.28. The van der Waals surface area contributed by atoms with Gasteiger partial charge in [0, 0.05) is 0 Å². The summed E-state index contributed by atoms with van der Waals surface area (Å²) < 4.78 is 0. The second kappa shape index (κ2) is 4.79. The van der Waals surface area contributed by atoms with Gasteiger partial charge in [0.05, 0.1) is 0 Å². The van der Waals surface area contributed by atoms with E-state index in [-0.39, 0.29) is 0 Å². The molecule has 0 heterocycles. The molecule has 1 radical (unpaired) electrons. The van der Waals surface area contributed by atoms with Crippen LogP contribution in [0, 0.1) is 13.0 Å². The molecule has 2 aromatic rings. The number of hydrogen-bond acceptors (Lipinski definition) is 0. The van der Waals surface area contributed by atoms with Crippen LogP contribution in [0.2, 0.25) is 0 Å². The topological polar surface area (TPSA) is 0 Å². The van der Waals surface area contributed by atoms with Crippen molar-refractivity contribution in [2.45, 2.75) is 19.8 Å². The smallest absolute Gasteiger partial charge is 0.0184 e. The van der Waals surface area contributed by atoms with Gasteiger partial charge in [0.25, 0.3) is 0 Å². The summed E-state index contributed by atoms with van der Waals surface area (Å²) in [6, 6.07) is 20.0. The van der Waals surface area contributed by atoms with Crippen LogP contribution in [0.3, 0.4) is 0 Å². The van der Waals surface area contributed by atoms with Crippen molar-refractivity contribution in [2.75, 3.05) is 0 Å². The van der Waals surface area contributed by atoms with Crippen molar-refractivity contribution in [1.82, 2.24) is 0 Å². The monoisotopic (exact) mass is 195 g/mol. The number of aryl methyl sites for hydroxylation is 3. The van der Waals surface area contributed by atoms with Crippen LogP contribution in [0.15, 0.2) is 48.5 Å². The maximum absolute atomic E-state index is 3.04. The van der Waals surface area contributed by atoms with Gasteiger partial charge in [-0.3, -0.25) is 0 Å². The second-order valence-corrected chi connectivity index (χ2v) is 3.90. The Morgan fingerprint density at radius 3 is 2.40 bits per heavy atom. The van der Waals surface area contributed by atoms with Crippen molar-refractivity contribution in [3.8, 4) is 0 Å². The highest BCUT2D eigenvalue weighted by Gasteiger charge is 1.95. The molecule has 2 aromatic carbocycles. The standard InChI is InChI=1S/C15H15/c1-13-6-5-9-15(12-13)11-10-14-7-3-2-4-8-14/h3-9,12H,10-11H2,1H3. The van der Waals surface area contributed by atoms with Crippen LogP contribution in [0.25, 0.3) is 0 Å². The first-order valence-electron chi connectivity index (χ1n) is 5.35. The highest BCUT2D eigenvalue weighted by atomic mass is 14.0. The van der Waals surface area contributed by atoms with E-state index in [0.29, 0.717) is 0 Å². The molecule has 0 unspecified atom stereocenters. The molecule has 0 aromatic heterocycles. The predicted octanol–water partition coefficient (Wildman–Crippen LogP) is 3.58. The van der Waals surface area contributed by atoms with Crippen LogP contribution in [-0.4, -0.2) is 0 Å². The Hall–Kier alpha value is -1.56. The summed E-state index contributed by atoms with van der Waals surface area (Å²) in [6.45, 7) is 2.14. The summed E-state index contributed by atoms with van der Waals surface area (Å²) in [4.78, 5) is 0. The van der Waals surface area contributed by atoms with Gasteiger partial charge < -0.3 is 0 Å². The normalized spacial score (nSPS) is 10.2. The molecule has 0 bridgehead atoms. The van der Waals surface area contributed by atoms with Gasteiger partial charge in [-0.1, -0.05) is 54.1 Å². The van der Waals surface area contributed by atoms with Crippen molar-refractivity contribution in [1.29, 1.82) is 0 Å². The summed E-state index contributed by atoms with van der Waals surface area (Å²) in [7, 11) is 0. The summed E-state index contributed by atoms with van der Waals surface area (Å²) in [6.07, 6.45) is 2.23. The SMILES string of the molecule is Cc1cccc(CCc2cc[c]cc2)c1. The molecule has 0 amide bonds. The Balaban J connectivity index is 1.99. The predicted molar refractivity (Wildman–Crippen MR) is 63.9 cm³/mol. The Morgan fingerprint density at radius 1 is 0.933 bits per heavy atom. The molecule has 0 aliphatic rings. The van der Waals surface area contributed by atoms with Gasteiger partial charge in [0.1, 0.15) is 0 Å². The Kier molecular flexibility index (Phi) is 3.18. The second-order valence-electron chi connectivity index (χ2n) is 3.90. The van der Waals surface area contributed by atoms with Gasteiger partial charge in [0.2, 0.25) is 0 Å². The Bertz CT molecular complexity index is 415. The lowest BCUT2D eigenvalue weighted by Gasteiger charge is -2.02. The molecule has 0 spiro atoms. The van der Waals surface area contributed by atoms with Gasteiger partial charge in [-0.25, -0.2) is 0 Å². The van der Waals surface area contributed by atoms with Gasteiger partial charge in [-0.15, -0.1) is 0 Å². The first-order valence-corrected chi connectivity index (χ1v) is 5.35. The van der Waals surface area contributed by atoms with Gasteiger partial charge in [0.15, 0.2) is 0 Å². The first-order chi connectivity index (χ1) is 7.34. The zero-order chi connectivity index (χ0) is 10.5. The molecular formula is C15H15. The van der Waals surface area contributed by atoms with Crippen molar-refractivity contribution in [3.63, 3.8) is 0 Å². The van der Waals surface area contributed by atoms with E-state index in [1.165, 1.54) is 16.7 Å². The average molecular weight is 195 g/mol. The molecule has 0 fully saturated rings. The van der Waals surface area contributed by atoms with Gasteiger partial charge in [-0.2, -0.15) is 0 Å². The molecule has 0 aliphatic carbocycles. The minimum atomic E-state index is 1.11. The summed E-state index contributed by atoms with van der Waals surface area (Å²) in [5, 5.41) is 0. The minimum Gasteiger partial charge on any atom is -0.0617 e. The van der Waals surface area contributed by atoms with Crippen molar-refractivity contribution in [2.24, 2.45) is 0 Å². The molecule has 0 saturated carbocycles. The van der Waals surface area contributed by atoms with Crippen LogP contribution < -0.4 is 0 Å². The largest absolute Gasteiger partial charge is 0.0617 e. The molecule has 0 N–H and O–H groups in total. The Labute approximate surface area is 91.6 Å². The fourth-order valence-electron chi connectivity index (χ4n) is 1.74. The van der Waals surface area contributed by atoms with E-state index in [9.17, 15) is 0 Å². The zero-order valence-electron chi connectivity index (χ0n) is 9.03. The van der Waals surface area contributed by atoms with E-state index >= 15 is 0 Å². The van der Waals surface area contributed by atoms with Gasteiger partial charge in [-0.05, 0) is 37.0 Å².